The Morgan fingerprint density at radius 3 is 2.48 bits per heavy atom. The molecule has 1 aliphatic rings. The summed E-state index contributed by atoms with van der Waals surface area (Å²) in [6.07, 6.45) is 2.82. The molecule has 0 fully saturated rings. The van der Waals surface area contributed by atoms with Crippen LogP contribution in [0.3, 0.4) is 0 Å². The summed E-state index contributed by atoms with van der Waals surface area (Å²) in [6, 6.07) is 9.64. The third-order valence-electron chi connectivity index (χ3n) is 5.17. The average molecular weight is 344 g/mol. The summed E-state index contributed by atoms with van der Waals surface area (Å²) >= 11 is 0. The van der Waals surface area contributed by atoms with Crippen molar-refractivity contribution < 1.29 is 24.6 Å². The van der Waals surface area contributed by atoms with Crippen LogP contribution < -0.4 is 14.4 Å². The Kier molecular flexibility index (Phi) is 5.04. The van der Waals surface area contributed by atoms with Gasteiger partial charge in [0.15, 0.2) is 23.0 Å². The highest BCUT2D eigenvalue weighted by molar-refractivity contribution is 5.48. The quantitative estimate of drug-likeness (QED) is 0.775. The molecule has 25 heavy (non-hydrogen) atoms. The molecule has 5 nitrogen and oxygen atoms in total. The summed E-state index contributed by atoms with van der Waals surface area (Å²) in [7, 11) is 5.34. The number of methoxy groups -OCH3 is 2. The predicted octanol–water partition coefficient (Wildman–Crippen LogP) is 1.86. The van der Waals surface area contributed by atoms with E-state index in [0.717, 1.165) is 31.4 Å². The van der Waals surface area contributed by atoms with Crippen LogP contribution in [0.5, 0.6) is 23.0 Å². The average Bonchev–Trinajstić information content (AvgIpc) is 2.61. The van der Waals surface area contributed by atoms with Crippen LogP contribution in [0.15, 0.2) is 30.3 Å². The number of rotatable bonds is 5. The molecular formula is C20H26NO4+. The van der Waals surface area contributed by atoms with Crippen molar-refractivity contribution in [2.24, 2.45) is 0 Å². The monoisotopic (exact) mass is 344 g/mol. The summed E-state index contributed by atoms with van der Waals surface area (Å²) in [5.41, 5.74) is 3.59. The molecule has 0 saturated heterocycles. The van der Waals surface area contributed by atoms with E-state index in [1.54, 1.807) is 20.3 Å². The fourth-order valence-corrected chi connectivity index (χ4v) is 3.69. The van der Waals surface area contributed by atoms with E-state index >= 15 is 0 Å². The molecule has 1 heterocycles. The van der Waals surface area contributed by atoms with Crippen LogP contribution in [0.2, 0.25) is 0 Å². The van der Waals surface area contributed by atoms with Crippen molar-refractivity contribution in [2.45, 2.75) is 25.3 Å². The first-order chi connectivity index (χ1) is 12.0. The van der Waals surface area contributed by atoms with Crippen LogP contribution in [-0.2, 0) is 12.8 Å². The predicted molar refractivity (Wildman–Crippen MR) is 95.8 cm³/mol. The molecule has 1 unspecified atom stereocenters. The Morgan fingerprint density at radius 2 is 1.76 bits per heavy atom. The van der Waals surface area contributed by atoms with Crippen LogP contribution in [0.4, 0.5) is 0 Å². The Balaban J connectivity index is 1.82. The molecule has 0 radical (unpaired) electrons. The third kappa shape index (κ3) is 3.51. The maximum absolute atomic E-state index is 10.2. The van der Waals surface area contributed by atoms with E-state index in [0.29, 0.717) is 17.5 Å². The minimum atomic E-state index is 0.161. The van der Waals surface area contributed by atoms with Crippen molar-refractivity contribution in [2.75, 3.05) is 27.8 Å². The number of fused-ring (bicyclic) bond motifs is 1. The number of aromatic hydroxyl groups is 2. The smallest absolute Gasteiger partial charge is 0.160 e. The second-order valence-corrected chi connectivity index (χ2v) is 6.67. The summed E-state index contributed by atoms with van der Waals surface area (Å²) in [5.74, 6) is 1.41. The van der Waals surface area contributed by atoms with Crippen molar-refractivity contribution in [1.29, 1.82) is 0 Å². The molecule has 0 saturated carbocycles. The first-order valence-electron chi connectivity index (χ1n) is 8.61. The number of hydrogen-bond acceptors (Lipinski definition) is 4. The largest absolute Gasteiger partial charge is 0.504 e. The van der Waals surface area contributed by atoms with Crippen molar-refractivity contribution in [3.8, 4) is 23.0 Å². The van der Waals surface area contributed by atoms with Gasteiger partial charge < -0.3 is 24.6 Å². The lowest BCUT2D eigenvalue weighted by Crippen LogP contribution is -3.10. The Hall–Kier alpha value is -2.40. The molecule has 5 heteroatoms. The van der Waals surface area contributed by atoms with Gasteiger partial charge in [-0.05, 0) is 41.8 Å². The second-order valence-electron chi connectivity index (χ2n) is 6.67. The molecular weight excluding hydrogens is 318 g/mol. The van der Waals surface area contributed by atoms with Gasteiger partial charge in [0.05, 0.1) is 27.8 Å². The molecule has 0 aliphatic carbocycles. The van der Waals surface area contributed by atoms with Gasteiger partial charge in [-0.2, -0.15) is 0 Å². The fourth-order valence-electron chi connectivity index (χ4n) is 3.69. The van der Waals surface area contributed by atoms with E-state index in [9.17, 15) is 10.2 Å². The van der Waals surface area contributed by atoms with Gasteiger partial charge in [-0.15, -0.1) is 0 Å². The van der Waals surface area contributed by atoms with Crippen molar-refractivity contribution in [3.63, 3.8) is 0 Å². The number of quaternary nitrogens is 1. The fraction of sp³-hybridized carbons (Fsp3) is 0.400. The third-order valence-corrected chi connectivity index (χ3v) is 5.17. The van der Waals surface area contributed by atoms with E-state index in [1.165, 1.54) is 16.0 Å². The number of nitrogens with one attached hydrogen (secondary N) is 1. The van der Waals surface area contributed by atoms with Gasteiger partial charge in [-0.3, -0.25) is 0 Å². The zero-order valence-corrected chi connectivity index (χ0v) is 15.0. The molecule has 0 aromatic heterocycles. The van der Waals surface area contributed by atoms with Gasteiger partial charge in [-0.25, -0.2) is 0 Å². The summed E-state index contributed by atoms with van der Waals surface area (Å²) in [6.45, 7) is 1.06. The van der Waals surface area contributed by atoms with Crippen LogP contribution in [0, 0.1) is 0 Å². The van der Waals surface area contributed by atoms with Gasteiger partial charge in [0, 0.05) is 18.4 Å². The van der Waals surface area contributed by atoms with Crippen LogP contribution >= 0.6 is 0 Å². The highest BCUT2D eigenvalue weighted by atomic mass is 16.5. The maximum atomic E-state index is 10.2. The summed E-state index contributed by atoms with van der Waals surface area (Å²) in [4.78, 5) is 1.45. The van der Waals surface area contributed by atoms with Crippen molar-refractivity contribution in [3.05, 3.63) is 47.0 Å². The molecule has 3 rings (SSSR count). The van der Waals surface area contributed by atoms with Crippen LogP contribution in [0.25, 0.3) is 0 Å². The SMILES string of the molecule is COc1cc(CC[C@H]2c3cc(O)c(OC)cc3CC[NH+]2C)ccc1O. The normalized spacial score (nSPS) is 19.3. The number of benzene rings is 2. The lowest BCUT2D eigenvalue weighted by atomic mass is 9.89. The van der Waals surface area contributed by atoms with E-state index in [2.05, 4.69) is 7.05 Å². The number of hydrogen-bond donors (Lipinski definition) is 3. The van der Waals surface area contributed by atoms with Crippen LogP contribution in [0.1, 0.15) is 29.2 Å². The molecule has 134 valence electrons. The lowest BCUT2D eigenvalue weighted by molar-refractivity contribution is -0.915. The molecule has 3 N–H and O–H groups in total. The van der Waals surface area contributed by atoms with E-state index in [4.69, 9.17) is 9.47 Å². The first kappa shape index (κ1) is 17.4. The van der Waals surface area contributed by atoms with Crippen molar-refractivity contribution >= 4 is 0 Å². The van der Waals surface area contributed by atoms with Gasteiger partial charge in [0.25, 0.3) is 0 Å². The number of phenolic OH excluding ortho intramolecular Hbond substituents is 2. The Morgan fingerprint density at radius 1 is 1.04 bits per heavy atom. The van der Waals surface area contributed by atoms with Gasteiger partial charge in [-0.1, -0.05) is 6.07 Å². The minimum absolute atomic E-state index is 0.161. The highest BCUT2D eigenvalue weighted by Crippen LogP contribution is 2.35. The zero-order valence-electron chi connectivity index (χ0n) is 15.0. The van der Waals surface area contributed by atoms with Gasteiger partial charge in [0.2, 0.25) is 0 Å². The number of likely N-dealkylation sites (N-methyl/N-ethyl adjacent to an activating group) is 1. The Bertz CT molecular complexity index is 760. The van der Waals surface area contributed by atoms with Gasteiger partial charge >= 0.3 is 0 Å². The Labute approximate surface area is 148 Å². The number of ether oxygens (including phenoxy) is 2. The number of aryl methyl sites for hydroxylation is 1. The zero-order chi connectivity index (χ0) is 18.0. The lowest BCUT2D eigenvalue weighted by Gasteiger charge is -2.32. The highest BCUT2D eigenvalue weighted by Gasteiger charge is 2.29. The number of phenols is 2. The van der Waals surface area contributed by atoms with Gasteiger partial charge in [0.1, 0.15) is 6.04 Å². The minimum Gasteiger partial charge on any atom is -0.504 e. The molecule has 2 aromatic carbocycles. The van der Waals surface area contributed by atoms with E-state index < -0.39 is 0 Å². The topological polar surface area (TPSA) is 63.4 Å². The molecule has 0 spiro atoms. The van der Waals surface area contributed by atoms with E-state index in [1.807, 2.05) is 24.3 Å². The first-order valence-corrected chi connectivity index (χ1v) is 8.61. The van der Waals surface area contributed by atoms with E-state index in [-0.39, 0.29) is 11.5 Å². The second kappa shape index (κ2) is 7.23. The molecule has 2 atom stereocenters. The maximum Gasteiger partial charge on any atom is 0.160 e. The summed E-state index contributed by atoms with van der Waals surface area (Å²) in [5, 5.41) is 19.9. The molecule has 2 aromatic rings. The van der Waals surface area contributed by atoms with Crippen LogP contribution in [-0.4, -0.2) is 38.0 Å². The van der Waals surface area contributed by atoms with Crippen molar-refractivity contribution in [1.82, 2.24) is 0 Å². The molecule has 0 bridgehead atoms. The summed E-state index contributed by atoms with van der Waals surface area (Å²) < 4.78 is 10.4. The molecule has 1 aliphatic heterocycles. The molecule has 0 amide bonds. The standard InChI is InChI=1S/C20H25NO4/c1-21-9-8-14-11-20(25-3)18(23)12-15(14)16(21)6-4-13-5-7-17(22)19(10-13)24-2/h5,7,10-12,16,22-23H,4,6,8-9H2,1-3H3/p+1/t16-/m0/s1.